The highest BCUT2D eigenvalue weighted by molar-refractivity contribution is 7.11. The molecule has 4 rings (SSSR count). The van der Waals surface area contributed by atoms with Crippen molar-refractivity contribution in [3.8, 4) is 0 Å². The van der Waals surface area contributed by atoms with Crippen molar-refractivity contribution in [2.75, 3.05) is 19.6 Å². The topological polar surface area (TPSA) is 49.6 Å². The maximum absolute atomic E-state index is 13.3. The fraction of sp³-hybridized carbons (Fsp3) is 0.636. The smallest absolute Gasteiger partial charge is 0.257 e. The zero-order valence-electron chi connectivity index (χ0n) is 17.7. The Labute approximate surface area is 171 Å². The molecular formula is C22H31N3O2S. The van der Waals surface area contributed by atoms with Crippen LogP contribution in [-0.2, 0) is 12.0 Å². The van der Waals surface area contributed by atoms with Crippen LogP contribution in [0.2, 0.25) is 0 Å². The van der Waals surface area contributed by atoms with E-state index in [9.17, 15) is 4.79 Å². The van der Waals surface area contributed by atoms with E-state index in [1.165, 1.54) is 17.7 Å². The van der Waals surface area contributed by atoms with E-state index in [4.69, 9.17) is 4.42 Å². The van der Waals surface area contributed by atoms with Crippen molar-refractivity contribution >= 4 is 17.2 Å². The summed E-state index contributed by atoms with van der Waals surface area (Å²) in [6.45, 7) is 14.0. The van der Waals surface area contributed by atoms with Gasteiger partial charge >= 0.3 is 0 Å². The third-order valence-electron chi connectivity index (χ3n) is 6.26. The van der Waals surface area contributed by atoms with Crippen LogP contribution >= 0.6 is 11.3 Å². The minimum Gasteiger partial charge on any atom is -0.465 e. The zero-order valence-corrected chi connectivity index (χ0v) is 18.5. The van der Waals surface area contributed by atoms with Crippen molar-refractivity contribution in [3.63, 3.8) is 0 Å². The molecule has 5 nitrogen and oxygen atoms in total. The first-order valence-corrected chi connectivity index (χ1v) is 11.1. The second kappa shape index (κ2) is 6.99. The summed E-state index contributed by atoms with van der Waals surface area (Å²) in [7, 11) is 0. The molecule has 1 atom stereocenters. The van der Waals surface area contributed by atoms with E-state index in [1.54, 1.807) is 11.3 Å². The number of nitrogens with zero attached hydrogens (tertiary/aromatic N) is 3. The van der Waals surface area contributed by atoms with Gasteiger partial charge in [0.05, 0.1) is 10.6 Å². The van der Waals surface area contributed by atoms with E-state index in [0.29, 0.717) is 0 Å². The van der Waals surface area contributed by atoms with Gasteiger partial charge in [0.25, 0.3) is 5.91 Å². The number of aromatic nitrogens is 1. The highest BCUT2D eigenvalue weighted by atomic mass is 32.1. The molecule has 0 saturated carbocycles. The maximum Gasteiger partial charge on any atom is 0.257 e. The lowest BCUT2D eigenvalue weighted by Gasteiger charge is -2.57. The molecule has 2 saturated heterocycles. The zero-order chi connectivity index (χ0) is 20.1. The summed E-state index contributed by atoms with van der Waals surface area (Å²) >= 11 is 1.78. The van der Waals surface area contributed by atoms with E-state index >= 15 is 0 Å². The number of thiazole rings is 1. The second-order valence-corrected chi connectivity index (χ2v) is 10.7. The van der Waals surface area contributed by atoms with E-state index in [0.717, 1.165) is 54.7 Å². The summed E-state index contributed by atoms with van der Waals surface area (Å²) in [4.78, 5) is 23.6. The molecule has 0 unspecified atom stereocenters. The monoisotopic (exact) mass is 401 g/mol. The van der Waals surface area contributed by atoms with Gasteiger partial charge in [0, 0.05) is 48.2 Å². The third kappa shape index (κ3) is 3.52. The Bertz CT molecular complexity index is 879. The molecule has 2 aliphatic heterocycles. The van der Waals surface area contributed by atoms with Gasteiger partial charge in [-0.2, -0.15) is 0 Å². The van der Waals surface area contributed by atoms with Crippen molar-refractivity contribution in [2.45, 2.75) is 71.4 Å². The summed E-state index contributed by atoms with van der Waals surface area (Å²) in [5.41, 5.74) is 0.770. The van der Waals surface area contributed by atoms with Gasteiger partial charge in [-0.1, -0.05) is 20.8 Å². The number of hydrogen-bond acceptors (Lipinski definition) is 5. The predicted octanol–water partition coefficient (Wildman–Crippen LogP) is 4.53. The average Bonchev–Trinajstić information content (AvgIpc) is 3.23. The van der Waals surface area contributed by atoms with Crippen LogP contribution in [0.3, 0.4) is 0 Å². The van der Waals surface area contributed by atoms with Crippen LogP contribution in [0.1, 0.15) is 71.8 Å². The SMILES string of the molecule is Cc1ncc(CN2CC[C@@]23CCCN(C(=O)c2cc(C(C)(C)C)oc2C)C3)s1. The number of carbonyl (C=O) groups excluding carboxylic acids is 1. The summed E-state index contributed by atoms with van der Waals surface area (Å²) in [6, 6.07) is 1.96. The van der Waals surface area contributed by atoms with Gasteiger partial charge in [0.1, 0.15) is 11.5 Å². The minimum absolute atomic E-state index is 0.0932. The van der Waals surface area contributed by atoms with Gasteiger partial charge in [-0.3, -0.25) is 9.69 Å². The quantitative estimate of drug-likeness (QED) is 0.758. The van der Waals surface area contributed by atoms with Crippen molar-refractivity contribution in [1.82, 2.24) is 14.8 Å². The van der Waals surface area contributed by atoms with E-state index in [2.05, 4.69) is 42.5 Å². The molecule has 0 aliphatic carbocycles. The first kappa shape index (κ1) is 19.6. The number of carbonyl (C=O) groups is 1. The molecule has 0 radical (unpaired) electrons. The van der Waals surface area contributed by atoms with Crippen LogP contribution in [0, 0.1) is 13.8 Å². The first-order chi connectivity index (χ1) is 13.2. The Hall–Kier alpha value is -1.66. The highest BCUT2D eigenvalue weighted by Crippen LogP contribution is 2.40. The van der Waals surface area contributed by atoms with Gasteiger partial charge in [-0.15, -0.1) is 11.3 Å². The van der Waals surface area contributed by atoms with Crippen LogP contribution < -0.4 is 0 Å². The normalized spacial score (nSPS) is 23.2. The predicted molar refractivity (Wildman–Crippen MR) is 112 cm³/mol. The van der Waals surface area contributed by atoms with E-state index < -0.39 is 0 Å². The molecule has 1 spiro atoms. The molecule has 152 valence electrons. The average molecular weight is 402 g/mol. The summed E-state index contributed by atoms with van der Waals surface area (Å²) in [5, 5.41) is 1.12. The molecule has 1 amide bonds. The van der Waals surface area contributed by atoms with Crippen molar-refractivity contribution in [3.05, 3.63) is 39.2 Å². The summed E-state index contributed by atoms with van der Waals surface area (Å²) in [6.07, 6.45) is 5.41. The maximum atomic E-state index is 13.3. The van der Waals surface area contributed by atoms with Crippen LogP contribution in [-0.4, -0.2) is 45.9 Å². The largest absolute Gasteiger partial charge is 0.465 e. The molecule has 6 heteroatoms. The number of furan rings is 1. The number of likely N-dealkylation sites (tertiary alicyclic amines) is 2. The van der Waals surface area contributed by atoms with Crippen molar-refractivity contribution < 1.29 is 9.21 Å². The molecule has 0 N–H and O–H groups in total. The summed E-state index contributed by atoms with van der Waals surface area (Å²) in [5.74, 6) is 1.74. The van der Waals surface area contributed by atoms with Crippen LogP contribution in [0.4, 0.5) is 0 Å². The second-order valence-electron chi connectivity index (χ2n) is 9.40. The van der Waals surface area contributed by atoms with Crippen LogP contribution in [0.25, 0.3) is 0 Å². The molecule has 2 aromatic heterocycles. The fourth-order valence-electron chi connectivity index (χ4n) is 4.48. The summed E-state index contributed by atoms with van der Waals surface area (Å²) < 4.78 is 5.92. The number of hydrogen-bond donors (Lipinski definition) is 0. The molecule has 28 heavy (non-hydrogen) atoms. The highest BCUT2D eigenvalue weighted by Gasteiger charge is 2.48. The van der Waals surface area contributed by atoms with E-state index in [-0.39, 0.29) is 16.9 Å². The Morgan fingerprint density at radius 1 is 1.29 bits per heavy atom. The van der Waals surface area contributed by atoms with Gasteiger partial charge in [-0.25, -0.2) is 4.98 Å². The van der Waals surface area contributed by atoms with Crippen LogP contribution in [0.5, 0.6) is 0 Å². The lowest BCUT2D eigenvalue weighted by Crippen LogP contribution is -2.66. The number of piperidine rings is 1. The molecular weight excluding hydrogens is 370 g/mol. The number of aryl methyl sites for hydroxylation is 2. The van der Waals surface area contributed by atoms with Crippen LogP contribution in [0.15, 0.2) is 16.7 Å². The van der Waals surface area contributed by atoms with Crippen molar-refractivity contribution in [2.24, 2.45) is 0 Å². The molecule has 4 heterocycles. The third-order valence-corrected chi connectivity index (χ3v) is 7.16. The molecule has 0 bridgehead atoms. The molecule has 0 aromatic carbocycles. The first-order valence-electron chi connectivity index (χ1n) is 10.2. The standard InChI is InChI=1S/C22H31N3O2S/c1-15-18(11-19(27-15)21(3,4)5)20(26)24-9-6-7-22(14-24)8-10-25(22)13-17-12-23-16(2)28-17/h11-12H,6-10,13-14H2,1-5H3/t22-/m1/s1. The lowest BCUT2D eigenvalue weighted by molar-refractivity contribution is -0.0643. The Kier molecular flexibility index (Phi) is 4.91. The minimum atomic E-state index is -0.0932. The van der Waals surface area contributed by atoms with Gasteiger partial charge in [0.15, 0.2) is 0 Å². The molecule has 2 fully saturated rings. The lowest BCUT2D eigenvalue weighted by atomic mass is 9.77. The Balaban J connectivity index is 1.49. The van der Waals surface area contributed by atoms with Gasteiger partial charge in [-0.05, 0) is 39.2 Å². The fourth-order valence-corrected chi connectivity index (χ4v) is 5.29. The molecule has 2 aromatic rings. The number of rotatable bonds is 3. The van der Waals surface area contributed by atoms with E-state index in [1.807, 2.05) is 19.2 Å². The Morgan fingerprint density at radius 3 is 2.64 bits per heavy atom. The van der Waals surface area contributed by atoms with Crippen molar-refractivity contribution in [1.29, 1.82) is 0 Å². The van der Waals surface area contributed by atoms with Gasteiger partial charge < -0.3 is 9.32 Å². The Morgan fingerprint density at radius 2 is 2.07 bits per heavy atom. The van der Waals surface area contributed by atoms with Gasteiger partial charge in [0.2, 0.25) is 0 Å². The molecule has 2 aliphatic rings. The number of amides is 1.